The molecule has 0 aliphatic carbocycles. The molecule has 0 atom stereocenters. The summed E-state index contributed by atoms with van der Waals surface area (Å²) in [5, 5.41) is 10.8. The highest BCUT2D eigenvalue weighted by atomic mass is 35.5. The molecule has 6 heteroatoms. The first-order valence-electron chi connectivity index (χ1n) is 10.6. The van der Waals surface area contributed by atoms with Gasteiger partial charge in [0.05, 0.1) is 16.6 Å². The minimum absolute atomic E-state index is 0.651. The third-order valence-corrected chi connectivity index (χ3v) is 6.55. The molecule has 0 N–H and O–H groups in total. The van der Waals surface area contributed by atoms with Gasteiger partial charge in [0.2, 0.25) is 0 Å². The molecule has 0 unspecified atom stereocenters. The smallest absolute Gasteiger partial charge is 0.157 e. The van der Waals surface area contributed by atoms with E-state index in [0.717, 1.165) is 65.7 Å². The van der Waals surface area contributed by atoms with Crippen LogP contribution in [0.2, 0.25) is 5.02 Å². The molecule has 0 amide bonds. The van der Waals surface area contributed by atoms with Crippen molar-refractivity contribution < 1.29 is 0 Å². The third kappa shape index (κ3) is 3.42. The SMILES string of the molecule is Cc1c(Cc2ccc(Cl)cc2)c(N2CCN(C)CC2)n2c(nc3ccccc32)c1C#N. The lowest BCUT2D eigenvalue weighted by molar-refractivity contribution is 0.311. The highest BCUT2D eigenvalue weighted by Gasteiger charge is 2.26. The van der Waals surface area contributed by atoms with Gasteiger partial charge in [0.15, 0.2) is 5.65 Å². The van der Waals surface area contributed by atoms with Crippen molar-refractivity contribution in [1.29, 1.82) is 5.26 Å². The summed E-state index contributed by atoms with van der Waals surface area (Å²) in [5.74, 6) is 1.16. The molecule has 2 aromatic carbocycles. The van der Waals surface area contributed by atoms with Gasteiger partial charge >= 0.3 is 0 Å². The maximum Gasteiger partial charge on any atom is 0.157 e. The largest absolute Gasteiger partial charge is 0.355 e. The number of hydrogen-bond acceptors (Lipinski definition) is 4. The van der Waals surface area contributed by atoms with E-state index in [1.807, 2.05) is 30.3 Å². The number of imidazole rings is 1. The van der Waals surface area contributed by atoms with Crippen molar-refractivity contribution in [3.05, 3.63) is 75.8 Å². The molecule has 3 heterocycles. The van der Waals surface area contributed by atoms with E-state index in [9.17, 15) is 5.26 Å². The molecular weight excluding hydrogens is 406 g/mol. The second-order valence-corrected chi connectivity index (χ2v) is 8.70. The molecule has 0 radical (unpaired) electrons. The first-order valence-corrected chi connectivity index (χ1v) is 11.0. The van der Waals surface area contributed by atoms with Crippen LogP contribution in [0.5, 0.6) is 0 Å². The van der Waals surface area contributed by atoms with Crippen LogP contribution < -0.4 is 4.90 Å². The van der Waals surface area contributed by atoms with Crippen molar-refractivity contribution in [1.82, 2.24) is 14.3 Å². The molecule has 0 bridgehead atoms. The Labute approximate surface area is 187 Å². The van der Waals surface area contributed by atoms with Crippen molar-refractivity contribution >= 4 is 34.1 Å². The number of nitrogens with zero attached hydrogens (tertiary/aromatic N) is 5. The number of aromatic nitrogens is 2. The number of likely N-dealkylation sites (N-methyl/N-ethyl adjacent to an activating group) is 1. The van der Waals surface area contributed by atoms with Crippen LogP contribution in [0.3, 0.4) is 0 Å². The Balaban J connectivity index is 1.81. The fourth-order valence-corrected chi connectivity index (χ4v) is 4.66. The van der Waals surface area contributed by atoms with Crippen molar-refractivity contribution in [2.45, 2.75) is 13.3 Å². The van der Waals surface area contributed by atoms with Gasteiger partial charge in [-0.25, -0.2) is 4.98 Å². The van der Waals surface area contributed by atoms with Gasteiger partial charge < -0.3 is 9.80 Å². The molecule has 1 aliphatic heterocycles. The summed E-state index contributed by atoms with van der Waals surface area (Å²) in [6.07, 6.45) is 0.738. The van der Waals surface area contributed by atoms with E-state index in [4.69, 9.17) is 16.6 Å². The molecule has 1 fully saturated rings. The van der Waals surface area contributed by atoms with Crippen LogP contribution in [-0.2, 0) is 6.42 Å². The highest BCUT2D eigenvalue weighted by Crippen LogP contribution is 2.35. The van der Waals surface area contributed by atoms with Crippen molar-refractivity contribution in [2.75, 3.05) is 38.1 Å². The van der Waals surface area contributed by atoms with Gasteiger partial charge in [-0.05, 0) is 49.4 Å². The Morgan fingerprint density at radius 3 is 2.45 bits per heavy atom. The quantitative estimate of drug-likeness (QED) is 0.475. The lowest BCUT2D eigenvalue weighted by Crippen LogP contribution is -2.45. The monoisotopic (exact) mass is 429 g/mol. The summed E-state index contributed by atoms with van der Waals surface area (Å²) in [4.78, 5) is 9.68. The van der Waals surface area contributed by atoms with E-state index in [0.29, 0.717) is 5.56 Å². The van der Waals surface area contributed by atoms with E-state index in [-0.39, 0.29) is 0 Å². The van der Waals surface area contributed by atoms with Crippen LogP contribution in [-0.4, -0.2) is 47.5 Å². The summed E-state index contributed by atoms with van der Waals surface area (Å²) in [5.41, 5.74) is 6.72. The summed E-state index contributed by atoms with van der Waals surface area (Å²) in [6.45, 7) is 5.96. The topological polar surface area (TPSA) is 47.6 Å². The molecule has 1 saturated heterocycles. The lowest BCUT2D eigenvalue weighted by Gasteiger charge is -2.36. The standard InChI is InChI=1S/C25H24ClN5/c1-17-20(15-18-7-9-19(26)10-8-18)25(30-13-11-29(2)12-14-30)31-23-6-4-3-5-22(23)28-24(31)21(17)16-27/h3-10H,11-15H2,1-2H3. The van der Waals surface area contributed by atoms with Gasteiger partial charge in [-0.3, -0.25) is 4.40 Å². The number of piperazine rings is 1. The van der Waals surface area contributed by atoms with Crippen LogP contribution in [0.4, 0.5) is 5.82 Å². The Morgan fingerprint density at radius 1 is 1.03 bits per heavy atom. The molecule has 4 aromatic rings. The number of rotatable bonds is 3. The Hall–Kier alpha value is -3.07. The highest BCUT2D eigenvalue weighted by molar-refractivity contribution is 6.30. The van der Waals surface area contributed by atoms with E-state index < -0.39 is 0 Å². The van der Waals surface area contributed by atoms with Gasteiger partial charge in [-0.2, -0.15) is 5.26 Å². The molecule has 1 aliphatic rings. The van der Waals surface area contributed by atoms with Crippen LogP contribution in [0, 0.1) is 18.3 Å². The van der Waals surface area contributed by atoms with E-state index in [1.165, 1.54) is 11.1 Å². The number of pyridine rings is 1. The average molecular weight is 430 g/mol. The molecule has 5 nitrogen and oxygen atoms in total. The maximum absolute atomic E-state index is 10.1. The van der Waals surface area contributed by atoms with Crippen molar-refractivity contribution in [3.63, 3.8) is 0 Å². The second kappa shape index (κ2) is 7.88. The summed E-state index contributed by atoms with van der Waals surface area (Å²) >= 11 is 6.12. The maximum atomic E-state index is 10.1. The molecule has 2 aromatic heterocycles. The van der Waals surface area contributed by atoms with Crippen LogP contribution in [0.1, 0.15) is 22.3 Å². The van der Waals surface area contributed by atoms with E-state index >= 15 is 0 Å². The average Bonchev–Trinajstić information content (AvgIpc) is 3.15. The number of fused-ring (bicyclic) bond motifs is 3. The molecule has 31 heavy (non-hydrogen) atoms. The fraction of sp³-hybridized carbons (Fsp3) is 0.280. The first-order chi connectivity index (χ1) is 15.1. The zero-order valence-electron chi connectivity index (χ0n) is 17.8. The minimum atomic E-state index is 0.651. The summed E-state index contributed by atoms with van der Waals surface area (Å²) in [6, 6.07) is 18.6. The second-order valence-electron chi connectivity index (χ2n) is 8.27. The number of benzene rings is 2. The van der Waals surface area contributed by atoms with Gasteiger partial charge in [-0.1, -0.05) is 35.9 Å². The molecule has 5 rings (SSSR count). The number of para-hydroxylation sites is 2. The van der Waals surface area contributed by atoms with E-state index in [1.54, 1.807) is 0 Å². The Kier molecular flexibility index (Phi) is 5.05. The predicted molar refractivity (Wildman–Crippen MR) is 126 cm³/mol. The molecule has 0 spiro atoms. The van der Waals surface area contributed by atoms with Gasteiger partial charge in [0, 0.05) is 43.2 Å². The first kappa shape index (κ1) is 19.9. The van der Waals surface area contributed by atoms with Crippen LogP contribution in [0.15, 0.2) is 48.5 Å². The van der Waals surface area contributed by atoms with Crippen LogP contribution in [0.25, 0.3) is 16.7 Å². The van der Waals surface area contributed by atoms with Crippen LogP contribution >= 0.6 is 11.6 Å². The number of hydrogen-bond donors (Lipinski definition) is 0. The predicted octanol–water partition coefficient (Wildman–Crippen LogP) is 4.66. The number of nitriles is 1. The normalized spacial score (nSPS) is 15.0. The molecule has 0 saturated carbocycles. The molecule has 156 valence electrons. The van der Waals surface area contributed by atoms with Gasteiger partial charge in [0.1, 0.15) is 11.9 Å². The fourth-order valence-electron chi connectivity index (χ4n) is 4.53. The molecular formula is C25H24ClN5. The minimum Gasteiger partial charge on any atom is -0.355 e. The number of halogens is 1. The third-order valence-electron chi connectivity index (χ3n) is 6.30. The zero-order chi connectivity index (χ0) is 21.5. The number of anilines is 1. The van der Waals surface area contributed by atoms with Crippen molar-refractivity contribution in [3.8, 4) is 6.07 Å². The summed E-state index contributed by atoms with van der Waals surface area (Å²) < 4.78 is 2.21. The van der Waals surface area contributed by atoms with Crippen molar-refractivity contribution in [2.24, 2.45) is 0 Å². The summed E-state index contributed by atoms with van der Waals surface area (Å²) in [7, 11) is 2.16. The van der Waals surface area contributed by atoms with Gasteiger partial charge in [-0.15, -0.1) is 0 Å². The van der Waals surface area contributed by atoms with E-state index in [2.05, 4.69) is 52.4 Å². The Morgan fingerprint density at radius 2 is 1.74 bits per heavy atom. The zero-order valence-corrected chi connectivity index (χ0v) is 18.5. The Bertz CT molecular complexity index is 1310. The van der Waals surface area contributed by atoms with Gasteiger partial charge in [0.25, 0.3) is 0 Å². The lowest BCUT2D eigenvalue weighted by atomic mass is 9.97.